The van der Waals surface area contributed by atoms with Gasteiger partial charge in [0.05, 0.1) is 11.8 Å². The molecule has 1 aliphatic rings. The molecule has 12 nitrogen and oxygen atoms in total. The molecule has 5 heterocycles. The van der Waals surface area contributed by atoms with E-state index in [1.807, 2.05) is 0 Å². The SMILES string of the molecule is CN(C(=O)OC(C)(C)C)c1cc(Nc2cccn(-c3ccccn3)c2=O)nc2c(C(=O)CC3CCOC3)cnn12. The Bertz CT molecular complexity index is 1600. The van der Waals surface area contributed by atoms with E-state index < -0.39 is 11.7 Å². The number of rotatable bonds is 7. The van der Waals surface area contributed by atoms with Gasteiger partial charge in [-0.3, -0.25) is 19.1 Å². The van der Waals surface area contributed by atoms with Gasteiger partial charge in [-0.15, -0.1) is 0 Å². The maximum Gasteiger partial charge on any atom is 0.415 e. The maximum atomic E-state index is 13.3. The molecule has 0 aliphatic carbocycles. The number of pyridine rings is 2. The zero-order valence-corrected chi connectivity index (χ0v) is 22.8. The Morgan fingerprint density at radius 1 is 1.23 bits per heavy atom. The topological polar surface area (TPSA) is 133 Å². The molecule has 12 heteroatoms. The van der Waals surface area contributed by atoms with Crippen molar-refractivity contribution < 1.29 is 19.1 Å². The fraction of sp³-hybridized carbons (Fsp3) is 0.357. The lowest BCUT2D eigenvalue weighted by molar-refractivity contribution is 0.0587. The van der Waals surface area contributed by atoms with Crippen LogP contribution in [0.25, 0.3) is 11.5 Å². The standard InChI is InChI=1S/C28H31N7O5/c1-28(2,3)40-27(38)33(4)24-15-22(31-20-8-7-12-34(26(20)37)23-9-5-6-11-29-23)32-25-19(16-30-35(24)25)21(36)14-18-10-13-39-17-18/h5-9,11-12,15-16,18H,10,13-14,17H2,1-4H3,(H,31,32). The molecule has 0 saturated carbocycles. The van der Waals surface area contributed by atoms with Crippen LogP contribution in [-0.2, 0) is 9.47 Å². The number of amides is 1. The largest absolute Gasteiger partial charge is 0.443 e. The number of ether oxygens (including phenoxy) is 2. The average Bonchev–Trinajstić information content (AvgIpc) is 3.58. The lowest BCUT2D eigenvalue weighted by Crippen LogP contribution is -2.35. The van der Waals surface area contributed by atoms with Gasteiger partial charge in [-0.2, -0.15) is 9.61 Å². The van der Waals surface area contributed by atoms with Crippen LogP contribution in [0, 0.1) is 5.92 Å². The van der Waals surface area contributed by atoms with Crippen LogP contribution >= 0.6 is 0 Å². The third-order valence-corrected chi connectivity index (χ3v) is 6.37. The number of Topliss-reactive ketones (excluding diaryl/α,β-unsaturated/α-hetero) is 1. The molecule has 0 radical (unpaired) electrons. The van der Waals surface area contributed by atoms with Gasteiger partial charge in [0.15, 0.2) is 11.4 Å². The van der Waals surface area contributed by atoms with E-state index in [2.05, 4.69) is 20.4 Å². The lowest BCUT2D eigenvalue weighted by Gasteiger charge is -2.25. The maximum absolute atomic E-state index is 13.3. The fourth-order valence-corrected chi connectivity index (χ4v) is 4.39. The van der Waals surface area contributed by atoms with Crippen molar-refractivity contribution >= 4 is 34.8 Å². The number of carbonyl (C=O) groups excluding carboxylic acids is 2. The summed E-state index contributed by atoms with van der Waals surface area (Å²) < 4.78 is 13.8. The average molecular weight is 546 g/mol. The Labute approximate surface area is 230 Å². The zero-order valence-electron chi connectivity index (χ0n) is 22.8. The second-order valence-electron chi connectivity index (χ2n) is 10.6. The molecule has 1 amide bonds. The van der Waals surface area contributed by atoms with Gasteiger partial charge in [0.1, 0.15) is 28.7 Å². The number of hydrogen-bond acceptors (Lipinski definition) is 9. The summed E-state index contributed by atoms with van der Waals surface area (Å²) >= 11 is 0. The molecule has 4 aromatic heterocycles. The van der Waals surface area contributed by atoms with Crippen LogP contribution in [-0.4, -0.2) is 61.9 Å². The molecule has 208 valence electrons. The first-order chi connectivity index (χ1) is 19.1. The first kappa shape index (κ1) is 27.0. The van der Waals surface area contributed by atoms with Gasteiger partial charge < -0.3 is 14.8 Å². The first-order valence-corrected chi connectivity index (χ1v) is 13.0. The zero-order chi connectivity index (χ0) is 28.4. The number of nitrogens with one attached hydrogen (secondary N) is 1. The van der Waals surface area contributed by atoms with Gasteiger partial charge >= 0.3 is 6.09 Å². The summed E-state index contributed by atoms with van der Waals surface area (Å²) in [6.07, 6.45) is 5.17. The van der Waals surface area contributed by atoms with Gasteiger partial charge in [-0.25, -0.2) is 14.8 Å². The highest BCUT2D eigenvalue weighted by Crippen LogP contribution is 2.27. The van der Waals surface area contributed by atoms with Crippen molar-refractivity contribution in [2.24, 2.45) is 5.92 Å². The number of ketones is 1. The van der Waals surface area contributed by atoms with Gasteiger partial charge in [-0.05, 0) is 57.4 Å². The number of hydrogen-bond donors (Lipinski definition) is 1. The van der Waals surface area contributed by atoms with Crippen LogP contribution in [0.3, 0.4) is 0 Å². The first-order valence-electron chi connectivity index (χ1n) is 13.0. The highest BCUT2D eigenvalue weighted by Gasteiger charge is 2.27. The Morgan fingerprint density at radius 2 is 2.05 bits per heavy atom. The predicted octanol–water partition coefficient (Wildman–Crippen LogP) is 4.00. The van der Waals surface area contributed by atoms with Gasteiger partial charge in [-0.1, -0.05) is 6.07 Å². The minimum Gasteiger partial charge on any atom is -0.443 e. The Hall–Kier alpha value is -4.58. The summed E-state index contributed by atoms with van der Waals surface area (Å²) in [6, 6.07) is 10.2. The normalized spacial score (nSPS) is 15.2. The predicted molar refractivity (Wildman–Crippen MR) is 149 cm³/mol. The van der Waals surface area contributed by atoms with E-state index in [4.69, 9.17) is 9.47 Å². The Kier molecular flexibility index (Phi) is 7.35. The monoisotopic (exact) mass is 545 g/mol. The second-order valence-corrected chi connectivity index (χ2v) is 10.6. The quantitative estimate of drug-likeness (QED) is 0.342. The van der Waals surface area contributed by atoms with E-state index >= 15 is 0 Å². The van der Waals surface area contributed by atoms with Crippen LogP contribution in [0.5, 0.6) is 0 Å². The van der Waals surface area contributed by atoms with Crippen molar-refractivity contribution in [3.63, 3.8) is 0 Å². The van der Waals surface area contributed by atoms with Crippen molar-refractivity contribution in [1.82, 2.24) is 24.1 Å². The lowest BCUT2D eigenvalue weighted by atomic mass is 9.99. The molecule has 1 atom stereocenters. The summed E-state index contributed by atoms with van der Waals surface area (Å²) in [4.78, 5) is 49.7. The number of anilines is 3. The van der Waals surface area contributed by atoms with Crippen molar-refractivity contribution in [1.29, 1.82) is 0 Å². The third kappa shape index (κ3) is 5.71. The molecule has 4 aromatic rings. The fourth-order valence-electron chi connectivity index (χ4n) is 4.39. The minimum atomic E-state index is -0.728. The van der Waals surface area contributed by atoms with E-state index in [9.17, 15) is 14.4 Å². The van der Waals surface area contributed by atoms with Crippen molar-refractivity contribution in [2.75, 3.05) is 30.5 Å². The molecule has 1 N–H and O–H groups in total. The molecule has 0 bridgehead atoms. The number of carbonyl (C=O) groups is 2. The van der Waals surface area contributed by atoms with Crippen LogP contribution in [0.4, 0.5) is 22.1 Å². The van der Waals surface area contributed by atoms with Gasteiger partial charge in [0, 0.05) is 45.1 Å². The second kappa shape index (κ2) is 10.9. The molecular weight excluding hydrogens is 514 g/mol. The smallest absolute Gasteiger partial charge is 0.415 e. The number of nitrogens with zero attached hydrogens (tertiary/aromatic N) is 6. The van der Waals surface area contributed by atoms with E-state index in [0.29, 0.717) is 36.8 Å². The third-order valence-electron chi connectivity index (χ3n) is 6.37. The molecule has 40 heavy (non-hydrogen) atoms. The number of fused-ring (bicyclic) bond motifs is 1. The molecule has 1 aliphatic heterocycles. The van der Waals surface area contributed by atoms with Crippen LogP contribution in [0.2, 0.25) is 0 Å². The highest BCUT2D eigenvalue weighted by molar-refractivity contribution is 6.02. The minimum absolute atomic E-state index is 0.127. The summed E-state index contributed by atoms with van der Waals surface area (Å²) in [5, 5.41) is 7.45. The Balaban J connectivity index is 1.56. The Morgan fingerprint density at radius 3 is 2.75 bits per heavy atom. The van der Waals surface area contributed by atoms with E-state index in [1.165, 1.54) is 20.2 Å². The molecule has 0 aromatic carbocycles. The molecule has 0 spiro atoms. The molecule has 1 saturated heterocycles. The van der Waals surface area contributed by atoms with Crippen LogP contribution < -0.4 is 15.8 Å². The van der Waals surface area contributed by atoms with E-state index in [1.54, 1.807) is 76.6 Å². The van der Waals surface area contributed by atoms with E-state index in [0.717, 1.165) is 6.42 Å². The van der Waals surface area contributed by atoms with Crippen LogP contribution in [0.1, 0.15) is 44.0 Å². The summed E-state index contributed by atoms with van der Waals surface area (Å²) in [6.45, 7) is 6.49. The van der Waals surface area contributed by atoms with Crippen molar-refractivity contribution in [3.05, 3.63) is 70.9 Å². The van der Waals surface area contributed by atoms with Crippen LogP contribution in [0.15, 0.2) is 59.8 Å². The van der Waals surface area contributed by atoms with Crippen molar-refractivity contribution in [3.8, 4) is 5.82 Å². The van der Waals surface area contributed by atoms with Crippen molar-refractivity contribution in [2.45, 2.75) is 39.2 Å². The molecular formula is C28H31N7O5. The molecule has 1 unspecified atom stereocenters. The van der Waals surface area contributed by atoms with E-state index in [-0.39, 0.29) is 34.4 Å². The summed E-state index contributed by atoms with van der Waals surface area (Å²) in [5.74, 6) is 1.00. The van der Waals surface area contributed by atoms with Gasteiger partial charge in [0.2, 0.25) is 0 Å². The molecule has 1 fully saturated rings. The highest BCUT2D eigenvalue weighted by atomic mass is 16.6. The summed E-state index contributed by atoms with van der Waals surface area (Å²) in [7, 11) is 1.54. The van der Waals surface area contributed by atoms with Gasteiger partial charge in [0.25, 0.3) is 5.56 Å². The molecule has 5 rings (SSSR count). The summed E-state index contributed by atoms with van der Waals surface area (Å²) in [5.41, 5.74) is -0.288. The number of aromatic nitrogens is 5.